The maximum absolute atomic E-state index is 13.4. The first kappa shape index (κ1) is 26.3. The number of ether oxygens (including phenoxy) is 2. The second-order valence-corrected chi connectivity index (χ2v) is 8.47. The van der Waals surface area contributed by atoms with Crippen LogP contribution >= 0.6 is 0 Å². The molecule has 1 aromatic carbocycles. The normalized spacial score (nSPS) is 13.5. The smallest absolute Gasteiger partial charge is 0.408 e. The number of hydrogen-bond acceptors (Lipinski definition) is 5. The fourth-order valence-electron chi connectivity index (χ4n) is 2.83. The van der Waals surface area contributed by atoms with Gasteiger partial charge in [0.1, 0.15) is 18.7 Å². The Hall–Kier alpha value is -2.71. The summed E-state index contributed by atoms with van der Waals surface area (Å²) in [7, 11) is 1.19. The lowest BCUT2D eigenvalue weighted by Crippen LogP contribution is -2.53. The largest absolute Gasteiger partial charge is 0.467 e. The quantitative estimate of drug-likeness (QED) is 0.510. The van der Waals surface area contributed by atoms with E-state index in [-0.39, 0.29) is 18.9 Å². The third-order valence-corrected chi connectivity index (χ3v) is 4.65. The van der Waals surface area contributed by atoms with Crippen LogP contribution < -0.4 is 10.6 Å². The molecule has 2 amide bonds. The van der Waals surface area contributed by atoms with E-state index < -0.39 is 41.9 Å². The second-order valence-electron chi connectivity index (χ2n) is 8.47. The van der Waals surface area contributed by atoms with E-state index in [4.69, 9.17) is 9.47 Å². The van der Waals surface area contributed by atoms with Crippen LogP contribution in [0.4, 0.5) is 13.6 Å². The van der Waals surface area contributed by atoms with Crippen molar-refractivity contribution in [3.05, 3.63) is 35.9 Å². The molecule has 9 heteroatoms. The van der Waals surface area contributed by atoms with Gasteiger partial charge in [0, 0.05) is 5.41 Å². The molecule has 0 saturated carbocycles. The molecule has 0 spiro atoms. The first-order chi connectivity index (χ1) is 14.5. The molecule has 2 N–H and O–H groups in total. The fraction of sp³-hybridized carbons (Fsp3) is 0.591. The molecule has 0 aliphatic heterocycles. The van der Waals surface area contributed by atoms with Gasteiger partial charge in [-0.25, -0.2) is 18.4 Å². The molecule has 0 bridgehead atoms. The van der Waals surface area contributed by atoms with Crippen molar-refractivity contribution in [3.8, 4) is 0 Å². The van der Waals surface area contributed by atoms with E-state index in [9.17, 15) is 23.2 Å². The molecule has 1 aromatic rings. The van der Waals surface area contributed by atoms with Crippen LogP contribution in [-0.2, 0) is 25.7 Å². The van der Waals surface area contributed by atoms with Crippen molar-refractivity contribution >= 4 is 18.0 Å². The highest BCUT2D eigenvalue weighted by Crippen LogP contribution is 2.30. The fourth-order valence-corrected chi connectivity index (χ4v) is 2.83. The van der Waals surface area contributed by atoms with Crippen LogP contribution in [0.25, 0.3) is 0 Å². The van der Waals surface area contributed by atoms with Gasteiger partial charge in [-0.15, -0.1) is 0 Å². The molecule has 0 unspecified atom stereocenters. The molecule has 174 valence electrons. The zero-order valence-corrected chi connectivity index (χ0v) is 18.6. The first-order valence-corrected chi connectivity index (χ1v) is 10.1. The van der Waals surface area contributed by atoms with Crippen LogP contribution in [0.2, 0.25) is 0 Å². The highest BCUT2D eigenvalue weighted by molar-refractivity contribution is 5.89. The van der Waals surface area contributed by atoms with E-state index in [0.29, 0.717) is 6.42 Å². The number of carbonyl (C=O) groups excluding carboxylic acids is 3. The summed E-state index contributed by atoms with van der Waals surface area (Å²) < 4.78 is 36.7. The number of nitrogens with one attached hydrogen (secondary N) is 2. The molecule has 0 aliphatic rings. The van der Waals surface area contributed by atoms with Crippen LogP contribution in [0.15, 0.2) is 30.3 Å². The molecule has 0 aromatic heterocycles. The molecule has 0 heterocycles. The molecule has 7 nitrogen and oxygen atoms in total. The first-order valence-electron chi connectivity index (χ1n) is 10.1. The topological polar surface area (TPSA) is 93.7 Å². The lowest BCUT2D eigenvalue weighted by molar-refractivity contribution is -0.146. The van der Waals surface area contributed by atoms with Gasteiger partial charge in [-0.2, -0.15) is 0 Å². The van der Waals surface area contributed by atoms with Crippen LogP contribution in [0.5, 0.6) is 0 Å². The summed E-state index contributed by atoms with van der Waals surface area (Å²) >= 11 is 0. The van der Waals surface area contributed by atoms with E-state index in [2.05, 4.69) is 10.6 Å². The van der Waals surface area contributed by atoms with E-state index in [1.54, 1.807) is 24.3 Å². The van der Waals surface area contributed by atoms with E-state index in [0.717, 1.165) is 5.56 Å². The van der Waals surface area contributed by atoms with E-state index in [1.807, 2.05) is 19.9 Å². The lowest BCUT2D eigenvalue weighted by Gasteiger charge is -2.29. The summed E-state index contributed by atoms with van der Waals surface area (Å²) in [6, 6.07) is 6.59. The van der Waals surface area contributed by atoms with Gasteiger partial charge in [0.25, 0.3) is 0 Å². The lowest BCUT2D eigenvalue weighted by atomic mass is 9.85. The van der Waals surface area contributed by atoms with Crippen molar-refractivity contribution in [2.24, 2.45) is 11.3 Å². The minimum absolute atomic E-state index is 0.0443. The Morgan fingerprint density at radius 1 is 1.03 bits per heavy atom. The Morgan fingerprint density at radius 2 is 1.65 bits per heavy atom. The highest BCUT2D eigenvalue weighted by atomic mass is 19.3. The van der Waals surface area contributed by atoms with Crippen molar-refractivity contribution in [3.63, 3.8) is 0 Å². The third-order valence-electron chi connectivity index (χ3n) is 4.65. The van der Waals surface area contributed by atoms with Crippen molar-refractivity contribution in [2.75, 3.05) is 7.11 Å². The summed E-state index contributed by atoms with van der Waals surface area (Å²) in [5, 5.41) is 4.87. The van der Waals surface area contributed by atoms with Crippen LogP contribution in [0.3, 0.4) is 0 Å². The number of benzene rings is 1. The van der Waals surface area contributed by atoms with Gasteiger partial charge in [0.05, 0.1) is 7.11 Å². The molecule has 1 rings (SSSR count). The second kappa shape index (κ2) is 12.2. The van der Waals surface area contributed by atoms with E-state index in [1.165, 1.54) is 21.0 Å². The third kappa shape index (κ3) is 9.31. The predicted octanol–water partition coefficient (Wildman–Crippen LogP) is 3.67. The van der Waals surface area contributed by atoms with Gasteiger partial charge in [0.2, 0.25) is 12.3 Å². The summed E-state index contributed by atoms with van der Waals surface area (Å²) in [4.78, 5) is 37.1. The summed E-state index contributed by atoms with van der Waals surface area (Å²) in [5.41, 5.74) is -0.831. The van der Waals surface area contributed by atoms with Crippen LogP contribution in [-0.4, -0.2) is 43.6 Å². The average molecular weight is 443 g/mol. The molecular formula is C22H32F2N2O5. The maximum Gasteiger partial charge on any atom is 0.408 e. The number of carbonyl (C=O) groups is 3. The van der Waals surface area contributed by atoms with Gasteiger partial charge >= 0.3 is 12.1 Å². The zero-order chi connectivity index (χ0) is 23.6. The Kier molecular flexibility index (Phi) is 10.4. The SMILES string of the molecule is COC(=O)[C@H](CC(C)C)NC(=O)[C@H](CC(C)(C)C(F)F)NC(=O)OCc1ccccc1. The molecule has 0 fully saturated rings. The van der Waals surface area contributed by atoms with Crippen molar-refractivity contribution < 1.29 is 32.6 Å². The Labute approximate surface area is 181 Å². The standard InChI is InChI=1S/C22H32F2N2O5/c1-14(2)11-16(19(28)30-5)25-18(27)17(12-22(3,4)20(23)24)26-21(29)31-13-15-9-7-6-8-10-15/h6-10,14,16-17,20H,11-13H2,1-5H3,(H,25,27)(H,26,29)/t16-,17-/m0/s1. The number of hydrogen-bond donors (Lipinski definition) is 2. The molecule has 0 radical (unpaired) electrons. The number of rotatable bonds is 11. The molecular weight excluding hydrogens is 410 g/mol. The predicted molar refractivity (Wildman–Crippen MR) is 111 cm³/mol. The van der Waals surface area contributed by atoms with Gasteiger partial charge < -0.3 is 20.1 Å². The Morgan fingerprint density at radius 3 is 2.16 bits per heavy atom. The van der Waals surface area contributed by atoms with Gasteiger partial charge in [-0.1, -0.05) is 58.0 Å². The number of amides is 2. The van der Waals surface area contributed by atoms with Crippen molar-refractivity contribution in [1.82, 2.24) is 10.6 Å². The minimum atomic E-state index is -2.72. The monoisotopic (exact) mass is 442 g/mol. The number of alkyl halides is 2. The molecule has 0 aliphatic carbocycles. The van der Waals surface area contributed by atoms with E-state index >= 15 is 0 Å². The maximum atomic E-state index is 13.4. The van der Waals surface area contributed by atoms with Crippen LogP contribution in [0.1, 0.15) is 46.1 Å². The van der Waals surface area contributed by atoms with Gasteiger partial charge in [0.15, 0.2) is 0 Å². The highest BCUT2D eigenvalue weighted by Gasteiger charge is 2.37. The van der Waals surface area contributed by atoms with Crippen LogP contribution in [0, 0.1) is 11.3 Å². The number of halogens is 2. The summed E-state index contributed by atoms with van der Waals surface area (Å²) in [5.74, 6) is -1.36. The molecule has 0 saturated heterocycles. The zero-order valence-electron chi connectivity index (χ0n) is 18.6. The average Bonchev–Trinajstić information content (AvgIpc) is 2.70. The van der Waals surface area contributed by atoms with Crippen molar-refractivity contribution in [1.29, 1.82) is 0 Å². The molecule has 2 atom stereocenters. The van der Waals surface area contributed by atoms with Crippen molar-refractivity contribution in [2.45, 2.75) is 65.7 Å². The summed E-state index contributed by atoms with van der Waals surface area (Å²) in [6.07, 6.45) is -3.71. The Bertz CT molecular complexity index is 726. The molecule has 31 heavy (non-hydrogen) atoms. The number of methoxy groups -OCH3 is 1. The number of alkyl carbamates (subject to hydrolysis) is 1. The van der Waals surface area contributed by atoms with Gasteiger partial charge in [-0.3, -0.25) is 4.79 Å². The number of esters is 1. The summed E-state index contributed by atoms with van der Waals surface area (Å²) in [6.45, 7) is 6.26. The Balaban J connectivity index is 2.91. The minimum Gasteiger partial charge on any atom is -0.467 e. The van der Waals surface area contributed by atoms with Gasteiger partial charge in [-0.05, 0) is 24.3 Å².